The molecule has 3 rings (SSSR count). The van der Waals surface area contributed by atoms with Gasteiger partial charge in [-0.3, -0.25) is 4.79 Å². The number of rotatable bonds is 6. The summed E-state index contributed by atoms with van der Waals surface area (Å²) in [4.78, 5) is 11.9. The molecule has 1 aliphatic heterocycles. The topological polar surface area (TPSA) is 72.0 Å². The van der Waals surface area contributed by atoms with Crippen LogP contribution in [0.25, 0.3) is 6.08 Å². The number of hydrogen-bond acceptors (Lipinski definition) is 5. The van der Waals surface area contributed by atoms with Gasteiger partial charge in [0.05, 0.1) is 12.3 Å². The largest absolute Gasteiger partial charge is 0.454 e. The van der Waals surface area contributed by atoms with Crippen molar-refractivity contribution in [2.75, 3.05) is 18.7 Å². The lowest BCUT2D eigenvalue weighted by atomic mass is 10.2. The minimum absolute atomic E-state index is 0.158. The van der Waals surface area contributed by atoms with E-state index in [1.54, 1.807) is 0 Å². The summed E-state index contributed by atoms with van der Waals surface area (Å²) in [5, 5.41) is 7.12. The predicted molar refractivity (Wildman–Crippen MR) is 103 cm³/mol. The molecule has 0 unspecified atom stereocenters. The Labute approximate surface area is 152 Å². The average molecular weight is 351 g/mol. The number of nitrogens with zero attached hydrogens (tertiary/aromatic N) is 1. The van der Waals surface area contributed by atoms with Gasteiger partial charge in [-0.25, -0.2) is 5.43 Å². The van der Waals surface area contributed by atoms with Crippen molar-refractivity contribution in [3.05, 3.63) is 59.7 Å². The summed E-state index contributed by atoms with van der Waals surface area (Å²) in [5.41, 5.74) is 6.26. The number of aryl methyl sites for hydroxylation is 1. The van der Waals surface area contributed by atoms with Crippen LogP contribution in [0.1, 0.15) is 18.1 Å². The van der Waals surface area contributed by atoms with Crippen LogP contribution in [-0.2, 0) is 4.79 Å². The molecule has 1 heterocycles. The van der Waals surface area contributed by atoms with E-state index in [2.05, 4.69) is 15.8 Å². The van der Waals surface area contributed by atoms with Crippen LogP contribution in [0.4, 0.5) is 5.69 Å². The van der Waals surface area contributed by atoms with Crippen molar-refractivity contribution in [2.24, 2.45) is 5.10 Å². The zero-order valence-corrected chi connectivity index (χ0v) is 14.8. The molecule has 0 aliphatic carbocycles. The Bertz CT molecular complexity index is 842. The van der Waals surface area contributed by atoms with Gasteiger partial charge in [0.25, 0.3) is 5.91 Å². The van der Waals surface area contributed by atoms with Crippen LogP contribution in [0.3, 0.4) is 0 Å². The van der Waals surface area contributed by atoms with Crippen LogP contribution >= 0.6 is 0 Å². The number of fused-ring (bicyclic) bond motifs is 1. The average Bonchev–Trinajstić information content (AvgIpc) is 3.12. The molecule has 134 valence electrons. The van der Waals surface area contributed by atoms with E-state index in [-0.39, 0.29) is 19.2 Å². The molecule has 0 saturated carbocycles. The normalized spacial score (nSPS) is 13.1. The highest BCUT2D eigenvalue weighted by molar-refractivity contribution is 5.97. The van der Waals surface area contributed by atoms with Crippen molar-refractivity contribution in [3.63, 3.8) is 0 Å². The minimum atomic E-state index is -0.207. The van der Waals surface area contributed by atoms with Gasteiger partial charge in [-0.15, -0.1) is 0 Å². The maximum atomic E-state index is 11.9. The Morgan fingerprint density at radius 3 is 2.73 bits per heavy atom. The van der Waals surface area contributed by atoms with Crippen LogP contribution in [0.15, 0.2) is 53.6 Å². The fourth-order valence-corrected chi connectivity index (χ4v) is 2.31. The van der Waals surface area contributed by atoms with Crippen molar-refractivity contribution in [1.29, 1.82) is 0 Å². The molecule has 1 aliphatic rings. The summed E-state index contributed by atoms with van der Waals surface area (Å²) in [6.45, 7) is 4.25. The predicted octanol–water partition coefficient (Wildman–Crippen LogP) is 3.34. The smallest absolute Gasteiger partial charge is 0.259 e. The zero-order valence-electron chi connectivity index (χ0n) is 14.8. The van der Waals surface area contributed by atoms with Gasteiger partial charge in [0, 0.05) is 5.69 Å². The minimum Gasteiger partial charge on any atom is -0.454 e. The fraction of sp³-hybridized carbons (Fsp3) is 0.200. The number of benzene rings is 2. The zero-order chi connectivity index (χ0) is 18.4. The van der Waals surface area contributed by atoms with E-state index in [1.165, 1.54) is 5.56 Å². The Morgan fingerprint density at radius 1 is 1.15 bits per heavy atom. The summed E-state index contributed by atoms with van der Waals surface area (Å²) >= 11 is 0. The van der Waals surface area contributed by atoms with Crippen molar-refractivity contribution in [3.8, 4) is 11.5 Å². The molecule has 0 radical (unpaired) electrons. The van der Waals surface area contributed by atoms with Crippen LogP contribution in [-0.4, -0.2) is 25.0 Å². The first-order valence-electron chi connectivity index (χ1n) is 8.31. The second kappa shape index (κ2) is 8.20. The highest BCUT2D eigenvalue weighted by atomic mass is 16.7. The Balaban J connectivity index is 1.48. The monoisotopic (exact) mass is 351 g/mol. The quantitative estimate of drug-likeness (QED) is 0.618. The Kier molecular flexibility index (Phi) is 5.53. The Hall–Kier alpha value is -3.28. The number of anilines is 1. The number of ether oxygens (including phenoxy) is 2. The number of carbonyl (C=O) groups excluding carboxylic acids is 1. The molecule has 0 saturated heterocycles. The molecule has 2 N–H and O–H groups in total. The van der Waals surface area contributed by atoms with Gasteiger partial charge in [-0.2, -0.15) is 5.10 Å². The van der Waals surface area contributed by atoms with Gasteiger partial charge in [-0.1, -0.05) is 29.8 Å². The van der Waals surface area contributed by atoms with E-state index in [0.717, 1.165) is 22.7 Å². The molecule has 26 heavy (non-hydrogen) atoms. The van der Waals surface area contributed by atoms with Crippen LogP contribution in [0, 0.1) is 6.92 Å². The van der Waals surface area contributed by atoms with E-state index in [4.69, 9.17) is 9.47 Å². The number of carbonyl (C=O) groups is 1. The van der Waals surface area contributed by atoms with Crippen LogP contribution in [0.5, 0.6) is 11.5 Å². The van der Waals surface area contributed by atoms with E-state index < -0.39 is 0 Å². The molecule has 0 spiro atoms. The van der Waals surface area contributed by atoms with Crippen LogP contribution < -0.4 is 20.2 Å². The van der Waals surface area contributed by atoms with Gasteiger partial charge in [0.2, 0.25) is 6.79 Å². The molecule has 6 nitrogen and oxygen atoms in total. The van der Waals surface area contributed by atoms with E-state index in [0.29, 0.717) is 5.71 Å². The van der Waals surface area contributed by atoms with Crippen LogP contribution in [0.2, 0.25) is 0 Å². The first kappa shape index (κ1) is 17.5. The summed E-state index contributed by atoms with van der Waals surface area (Å²) < 4.78 is 10.6. The molecular formula is C20H21N3O3. The number of amides is 1. The molecule has 0 bridgehead atoms. The van der Waals surface area contributed by atoms with Crippen molar-refractivity contribution in [1.82, 2.24) is 5.43 Å². The molecule has 2 aromatic carbocycles. The highest BCUT2D eigenvalue weighted by Crippen LogP contribution is 2.32. The number of hydrogen-bond donors (Lipinski definition) is 2. The number of allylic oxidation sites excluding steroid dienone is 1. The standard InChI is InChI=1S/C20H21N3O3/c1-14-3-8-17(9-4-14)21-12-20(24)23-22-15(2)5-6-16-7-10-18-19(11-16)26-13-25-18/h3-11,21H,12-13H2,1-2H3,(H,23,24)/b6-5+,22-15?. The third-order valence-corrected chi connectivity index (χ3v) is 3.78. The van der Waals surface area contributed by atoms with E-state index >= 15 is 0 Å². The summed E-state index contributed by atoms with van der Waals surface area (Å²) in [7, 11) is 0. The van der Waals surface area contributed by atoms with E-state index in [1.807, 2.05) is 68.5 Å². The summed E-state index contributed by atoms with van der Waals surface area (Å²) in [5.74, 6) is 1.28. The summed E-state index contributed by atoms with van der Waals surface area (Å²) in [6.07, 6.45) is 3.72. The lowest BCUT2D eigenvalue weighted by molar-refractivity contribution is -0.119. The molecule has 6 heteroatoms. The highest BCUT2D eigenvalue weighted by Gasteiger charge is 2.12. The second-order valence-corrected chi connectivity index (χ2v) is 5.95. The number of hydrazone groups is 1. The molecular weight excluding hydrogens is 330 g/mol. The fourth-order valence-electron chi connectivity index (χ4n) is 2.31. The van der Waals surface area contributed by atoms with Gasteiger partial charge < -0.3 is 14.8 Å². The molecule has 0 atom stereocenters. The van der Waals surface area contributed by atoms with Gasteiger partial charge in [0.15, 0.2) is 11.5 Å². The first-order chi connectivity index (χ1) is 12.6. The first-order valence-corrected chi connectivity index (χ1v) is 8.31. The third kappa shape index (κ3) is 4.86. The van der Waals surface area contributed by atoms with Gasteiger partial charge in [0.1, 0.15) is 0 Å². The second-order valence-electron chi connectivity index (χ2n) is 5.95. The van der Waals surface area contributed by atoms with Crippen molar-refractivity contribution >= 4 is 23.4 Å². The lowest BCUT2D eigenvalue weighted by Crippen LogP contribution is -2.26. The van der Waals surface area contributed by atoms with Crippen molar-refractivity contribution < 1.29 is 14.3 Å². The molecule has 0 fully saturated rings. The third-order valence-electron chi connectivity index (χ3n) is 3.78. The van der Waals surface area contributed by atoms with E-state index in [9.17, 15) is 4.79 Å². The summed E-state index contributed by atoms with van der Waals surface area (Å²) in [6, 6.07) is 13.5. The maximum Gasteiger partial charge on any atom is 0.259 e. The number of nitrogens with one attached hydrogen (secondary N) is 2. The lowest BCUT2D eigenvalue weighted by Gasteiger charge is -2.05. The SMILES string of the molecule is CC(/C=C/c1ccc2c(c1)OCO2)=NNC(=O)CNc1ccc(C)cc1. The maximum absolute atomic E-state index is 11.9. The van der Waals surface area contributed by atoms with Gasteiger partial charge >= 0.3 is 0 Å². The molecule has 0 aromatic heterocycles. The Morgan fingerprint density at radius 2 is 1.92 bits per heavy atom. The molecule has 1 amide bonds. The molecule has 2 aromatic rings. The van der Waals surface area contributed by atoms with Crippen molar-refractivity contribution in [2.45, 2.75) is 13.8 Å². The van der Waals surface area contributed by atoms with Gasteiger partial charge in [-0.05, 0) is 49.8 Å².